The van der Waals surface area contributed by atoms with Crippen molar-refractivity contribution in [2.24, 2.45) is 0 Å². The van der Waals surface area contributed by atoms with Crippen LogP contribution in [0.15, 0.2) is 48.5 Å². The number of para-hydroxylation sites is 1. The third kappa shape index (κ3) is 9.39. The van der Waals surface area contributed by atoms with E-state index in [1.807, 2.05) is 61.5 Å². The lowest BCUT2D eigenvalue weighted by atomic mass is 10.0. The van der Waals surface area contributed by atoms with Crippen LogP contribution in [0.1, 0.15) is 11.1 Å². The molecule has 2 rings (SSSR count). The number of phosphoric ester groups is 1. The van der Waals surface area contributed by atoms with Gasteiger partial charge in [0.25, 0.3) is 0 Å². The average molecular weight is 453 g/mol. The van der Waals surface area contributed by atoms with E-state index in [0.29, 0.717) is 6.54 Å². The molecule has 0 heterocycles. The molecule has 2 aromatic rings. The lowest BCUT2D eigenvalue weighted by Gasteiger charge is -2.23. The van der Waals surface area contributed by atoms with Gasteiger partial charge in [-0.1, -0.05) is 30.3 Å². The number of benzene rings is 2. The lowest BCUT2D eigenvalue weighted by Crippen LogP contribution is -2.34. The van der Waals surface area contributed by atoms with E-state index in [9.17, 15) is 9.46 Å². The number of aryl methyl sites for hydroxylation is 2. The molecule has 172 valence electrons. The first-order valence-electron chi connectivity index (χ1n) is 9.96. The highest BCUT2D eigenvalue weighted by atomic mass is 31.2. The molecule has 0 aromatic heterocycles. The molecular weight excluding hydrogens is 421 g/mol. The van der Waals surface area contributed by atoms with Crippen molar-refractivity contribution in [3.05, 3.63) is 59.7 Å². The van der Waals surface area contributed by atoms with E-state index < -0.39 is 7.82 Å². The number of likely N-dealkylation sites (N-methyl/N-ethyl adjacent to an activating group) is 1. The van der Waals surface area contributed by atoms with Crippen molar-refractivity contribution < 1.29 is 32.7 Å². The van der Waals surface area contributed by atoms with Crippen molar-refractivity contribution in [2.45, 2.75) is 18.9 Å². The minimum Gasteiger partial charge on any atom is -0.497 e. The lowest BCUT2D eigenvalue weighted by molar-refractivity contribution is -0.0700. The zero-order valence-corrected chi connectivity index (χ0v) is 19.4. The molecule has 0 aliphatic heterocycles. The fraction of sp³-hybridized carbons (Fsp3) is 0.455. The highest BCUT2D eigenvalue weighted by Crippen LogP contribution is 2.41. The molecule has 31 heavy (non-hydrogen) atoms. The van der Waals surface area contributed by atoms with Crippen LogP contribution in [-0.2, 0) is 31.2 Å². The Morgan fingerprint density at radius 1 is 1.06 bits per heavy atom. The molecule has 0 fully saturated rings. The van der Waals surface area contributed by atoms with Gasteiger partial charge in [-0.2, -0.15) is 0 Å². The summed E-state index contributed by atoms with van der Waals surface area (Å²) in [5, 5.41) is 0. The highest BCUT2D eigenvalue weighted by Gasteiger charge is 2.20. The van der Waals surface area contributed by atoms with E-state index in [0.717, 1.165) is 37.0 Å². The summed E-state index contributed by atoms with van der Waals surface area (Å²) in [6.07, 6.45) is 1.30. The molecule has 0 saturated heterocycles. The zero-order valence-electron chi connectivity index (χ0n) is 18.5. The zero-order chi connectivity index (χ0) is 22.7. The standard InChI is InChI=1S/C22H32NO7P/c1-23(2)15-21(29-17-30-31(24,25)27-4)16-28-22-11-6-5-9-19(22)13-12-18-8-7-10-20(14-18)26-3/h5-11,14,21H,12-13,15-17H2,1-4H3,(H,24,25)/t21-/m1/s1. The van der Waals surface area contributed by atoms with Crippen LogP contribution in [0.4, 0.5) is 0 Å². The van der Waals surface area contributed by atoms with E-state index in [1.54, 1.807) is 7.11 Å². The topological polar surface area (TPSA) is 86.7 Å². The minimum atomic E-state index is -4.08. The highest BCUT2D eigenvalue weighted by molar-refractivity contribution is 7.47. The van der Waals surface area contributed by atoms with Gasteiger partial charge in [-0.05, 0) is 56.3 Å². The number of rotatable bonds is 14. The number of ether oxygens (including phenoxy) is 3. The molecule has 8 nitrogen and oxygen atoms in total. The van der Waals surface area contributed by atoms with E-state index in [4.69, 9.17) is 18.7 Å². The van der Waals surface area contributed by atoms with Crippen LogP contribution >= 0.6 is 7.82 Å². The van der Waals surface area contributed by atoms with Crippen LogP contribution in [-0.4, -0.2) is 64.2 Å². The monoisotopic (exact) mass is 453 g/mol. The minimum absolute atomic E-state index is 0.264. The van der Waals surface area contributed by atoms with Crippen LogP contribution < -0.4 is 9.47 Å². The molecule has 0 amide bonds. The normalized spacial score (nSPS) is 14.3. The van der Waals surface area contributed by atoms with Crippen molar-refractivity contribution in [2.75, 3.05) is 48.3 Å². The first kappa shape index (κ1) is 25.3. The molecule has 1 N–H and O–H groups in total. The van der Waals surface area contributed by atoms with Crippen LogP contribution in [0, 0.1) is 0 Å². The van der Waals surface area contributed by atoms with Crippen LogP contribution in [0.5, 0.6) is 11.5 Å². The molecule has 0 spiro atoms. The molecular formula is C22H32NO7P. The first-order valence-corrected chi connectivity index (χ1v) is 11.5. The van der Waals surface area contributed by atoms with Gasteiger partial charge in [-0.25, -0.2) is 4.57 Å². The van der Waals surface area contributed by atoms with Gasteiger partial charge < -0.3 is 24.0 Å². The summed E-state index contributed by atoms with van der Waals surface area (Å²) in [6, 6.07) is 15.9. The van der Waals surface area contributed by atoms with Crippen molar-refractivity contribution in [3.63, 3.8) is 0 Å². The molecule has 1 unspecified atom stereocenters. The SMILES string of the molecule is COc1cccc(CCc2ccccc2OC[C@@H](CN(C)C)OCOP(=O)(O)OC)c1. The predicted octanol–water partition coefficient (Wildman–Crippen LogP) is 3.53. The maximum Gasteiger partial charge on any atom is 0.474 e. The maximum atomic E-state index is 11.4. The van der Waals surface area contributed by atoms with Gasteiger partial charge in [0.05, 0.1) is 7.11 Å². The second-order valence-electron chi connectivity index (χ2n) is 7.22. The Morgan fingerprint density at radius 3 is 2.55 bits per heavy atom. The van der Waals surface area contributed by atoms with Crippen molar-refractivity contribution in [3.8, 4) is 11.5 Å². The fourth-order valence-electron chi connectivity index (χ4n) is 2.95. The van der Waals surface area contributed by atoms with Crippen molar-refractivity contribution in [1.82, 2.24) is 4.90 Å². The third-order valence-corrected chi connectivity index (χ3v) is 5.43. The maximum absolute atomic E-state index is 11.4. The Hall–Kier alpha value is -1.93. The summed E-state index contributed by atoms with van der Waals surface area (Å²) >= 11 is 0. The van der Waals surface area contributed by atoms with Crippen molar-refractivity contribution >= 4 is 7.82 Å². The second kappa shape index (κ2) is 12.8. The van der Waals surface area contributed by atoms with Gasteiger partial charge >= 0.3 is 7.82 Å². The first-order chi connectivity index (χ1) is 14.8. The summed E-state index contributed by atoms with van der Waals surface area (Å²) in [7, 11) is 2.50. The Balaban J connectivity index is 1.95. The van der Waals surface area contributed by atoms with Crippen LogP contribution in [0.2, 0.25) is 0 Å². The number of phosphoric acid groups is 1. The Labute approximate surface area is 184 Å². The molecule has 0 aliphatic rings. The van der Waals surface area contributed by atoms with E-state index in [1.165, 1.54) is 5.56 Å². The number of hydrogen-bond acceptors (Lipinski definition) is 7. The number of hydrogen-bond donors (Lipinski definition) is 1. The van der Waals surface area contributed by atoms with Gasteiger partial charge in [0.2, 0.25) is 0 Å². The molecule has 0 bridgehead atoms. The predicted molar refractivity (Wildman–Crippen MR) is 119 cm³/mol. The molecule has 0 saturated carbocycles. The number of nitrogens with zero attached hydrogens (tertiary/aromatic N) is 1. The quantitative estimate of drug-likeness (QED) is 0.344. The van der Waals surface area contributed by atoms with E-state index in [-0.39, 0.29) is 19.5 Å². The smallest absolute Gasteiger partial charge is 0.474 e. The van der Waals surface area contributed by atoms with Gasteiger partial charge in [-0.15, -0.1) is 0 Å². The van der Waals surface area contributed by atoms with Gasteiger partial charge in [0, 0.05) is 13.7 Å². The van der Waals surface area contributed by atoms with E-state index >= 15 is 0 Å². The summed E-state index contributed by atoms with van der Waals surface area (Å²) in [5.41, 5.74) is 2.27. The fourth-order valence-corrected chi connectivity index (χ4v) is 3.25. The Bertz CT molecular complexity index is 846. The Morgan fingerprint density at radius 2 is 1.84 bits per heavy atom. The van der Waals surface area contributed by atoms with E-state index in [2.05, 4.69) is 10.6 Å². The third-order valence-electron chi connectivity index (χ3n) is 4.53. The molecule has 0 aliphatic carbocycles. The Kier molecular flexibility index (Phi) is 10.5. The van der Waals surface area contributed by atoms with Gasteiger partial charge in [0.15, 0.2) is 6.79 Å². The van der Waals surface area contributed by atoms with Gasteiger partial charge in [-0.3, -0.25) is 9.05 Å². The summed E-state index contributed by atoms with van der Waals surface area (Å²) in [5.74, 6) is 1.62. The van der Waals surface area contributed by atoms with Crippen LogP contribution in [0.3, 0.4) is 0 Å². The van der Waals surface area contributed by atoms with Crippen molar-refractivity contribution in [1.29, 1.82) is 0 Å². The molecule has 2 aromatic carbocycles. The van der Waals surface area contributed by atoms with Gasteiger partial charge in [0.1, 0.15) is 24.2 Å². The summed E-state index contributed by atoms with van der Waals surface area (Å²) in [4.78, 5) is 11.3. The average Bonchev–Trinajstić information content (AvgIpc) is 2.76. The summed E-state index contributed by atoms with van der Waals surface area (Å²) < 4.78 is 37.5. The molecule has 9 heteroatoms. The largest absolute Gasteiger partial charge is 0.497 e. The van der Waals surface area contributed by atoms with Crippen LogP contribution in [0.25, 0.3) is 0 Å². The number of methoxy groups -OCH3 is 1. The second-order valence-corrected chi connectivity index (χ2v) is 8.78. The summed E-state index contributed by atoms with van der Waals surface area (Å²) in [6.45, 7) is 0.444. The molecule has 2 atom stereocenters. The molecule has 0 radical (unpaired) electrons.